The summed E-state index contributed by atoms with van der Waals surface area (Å²) in [7, 11) is 0. The lowest BCUT2D eigenvalue weighted by molar-refractivity contribution is 0.100. The first-order chi connectivity index (χ1) is 9.16. The fraction of sp³-hybridized carbons (Fsp3) is 0.533. The number of carbonyl (C=O) groups is 1. The minimum atomic E-state index is -0.421. The maximum atomic E-state index is 11.2. The number of carbonyl (C=O) groups excluding carboxylic acids is 1. The number of benzene rings is 1. The van der Waals surface area contributed by atoms with Crippen LogP contribution in [0, 0.1) is 5.92 Å². The van der Waals surface area contributed by atoms with E-state index in [2.05, 4.69) is 4.90 Å². The molecule has 1 heterocycles. The van der Waals surface area contributed by atoms with Gasteiger partial charge in [0.15, 0.2) is 0 Å². The van der Waals surface area contributed by atoms with Crippen molar-refractivity contribution in [1.29, 1.82) is 0 Å². The molecule has 1 saturated heterocycles. The van der Waals surface area contributed by atoms with Gasteiger partial charge >= 0.3 is 0 Å². The number of hydrogen-bond acceptors (Lipinski definition) is 3. The van der Waals surface area contributed by atoms with E-state index < -0.39 is 5.91 Å². The fourth-order valence-corrected chi connectivity index (χ4v) is 3.67. The Labute approximate surface area is 113 Å². The van der Waals surface area contributed by atoms with Crippen LogP contribution in [0.15, 0.2) is 18.2 Å². The number of nitrogens with zero attached hydrogens (tertiary/aromatic N) is 1. The van der Waals surface area contributed by atoms with Crippen molar-refractivity contribution < 1.29 is 4.79 Å². The van der Waals surface area contributed by atoms with E-state index in [0.717, 1.165) is 18.2 Å². The second kappa shape index (κ2) is 4.76. The van der Waals surface area contributed by atoms with Gasteiger partial charge in [-0.05, 0) is 43.4 Å². The second-order valence-electron chi connectivity index (χ2n) is 5.73. The molecule has 4 heteroatoms. The summed E-state index contributed by atoms with van der Waals surface area (Å²) in [5.74, 6) is 0.402. The van der Waals surface area contributed by atoms with Gasteiger partial charge in [-0.25, -0.2) is 0 Å². The molecule has 2 fully saturated rings. The van der Waals surface area contributed by atoms with E-state index >= 15 is 0 Å². The average Bonchev–Trinajstić information content (AvgIpc) is 2.82. The van der Waals surface area contributed by atoms with Crippen LogP contribution in [0.3, 0.4) is 0 Å². The minimum absolute atomic E-state index is 0.421. The van der Waals surface area contributed by atoms with Crippen LogP contribution in [0.5, 0.6) is 0 Å². The Morgan fingerprint density at radius 1 is 1.21 bits per heavy atom. The number of hydrogen-bond donors (Lipinski definition) is 2. The van der Waals surface area contributed by atoms with E-state index in [1.54, 1.807) is 12.1 Å². The van der Waals surface area contributed by atoms with Crippen molar-refractivity contribution in [3.05, 3.63) is 23.8 Å². The predicted molar refractivity (Wildman–Crippen MR) is 77.1 cm³/mol. The Balaban J connectivity index is 1.88. The summed E-state index contributed by atoms with van der Waals surface area (Å²) in [5, 5.41) is 0. The zero-order valence-corrected chi connectivity index (χ0v) is 11.1. The lowest BCUT2D eigenvalue weighted by Gasteiger charge is -2.33. The van der Waals surface area contributed by atoms with Crippen molar-refractivity contribution in [3.8, 4) is 0 Å². The zero-order valence-electron chi connectivity index (χ0n) is 11.1. The lowest BCUT2D eigenvalue weighted by atomic mass is 9.85. The number of primary amides is 1. The number of amides is 1. The van der Waals surface area contributed by atoms with Crippen LogP contribution in [0.4, 0.5) is 11.4 Å². The zero-order chi connectivity index (χ0) is 13.4. The third-order valence-corrected chi connectivity index (χ3v) is 4.63. The summed E-state index contributed by atoms with van der Waals surface area (Å²) in [6, 6.07) is 6.07. The van der Waals surface area contributed by atoms with Gasteiger partial charge in [0.05, 0.1) is 11.4 Å². The number of nitrogen functional groups attached to an aromatic ring is 1. The van der Waals surface area contributed by atoms with Crippen LogP contribution in [-0.2, 0) is 0 Å². The maximum absolute atomic E-state index is 11.2. The molecule has 0 bridgehead atoms. The summed E-state index contributed by atoms with van der Waals surface area (Å²) in [5.41, 5.74) is 13.6. The summed E-state index contributed by atoms with van der Waals surface area (Å²) in [6.45, 7) is 1.08. The quantitative estimate of drug-likeness (QED) is 0.799. The molecular weight excluding hydrogens is 238 g/mol. The summed E-state index contributed by atoms with van der Waals surface area (Å²) in [6.07, 6.45) is 6.56. The Hall–Kier alpha value is -1.71. The van der Waals surface area contributed by atoms with Gasteiger partial charge in [-0.15, -0.1) is 0 Å². The van der Waals surface area contributed by atoms with Crippen molar-refractivity contribution in [2.75, 3.05) is 17.2 Å². The third kappa shape index (κ3) is 2.15. The van der Waals surface area contributed by atoms with Crippen LogP contribution in [0.25, 0.3) is 0 Å². The van der Waals surface area contributed by atoms with Gasteiger partial charge < -0.3 is 16.4 Å². The van der Waals surface area contributed by atoms with E-state index in [1.807, 2.05) is 6.07 Å². The van der Waals surface area contributed by atoms with Gasteiger partial charge in [0.1, 0.15) is 0 Å². The first-order valence-electron chi connectivity index (χ1n) is 7.13. The molecule has 4 nitrogen and oxygen atoms in total. The molecule has 1 aliphatic heterocycles. The molecule has 2 unspecified atom stereocenters. The number of anilines is 2. The lowest BCUT2D eigenvalue weighted by Crippen LogP contribution is -2.35. The molecule has 19 heavy (non-hydrogen) atoms. The molecule has 1 aromatic rings. The topological polar surface area (TPSA) is 72.4 Å². The van der Waals surface area contributed by atoms with E-state index in [-0.39, 0.29) is 0 Å². The molecule has 2 aliphatic rings. The molecule has 4 N–H and O–H groups in total. The molecule has 102 valence electrons. The normalized spacial score (nSPS) is 26.2. The second-order valence-corrected chi connectivity index (χ2v) is 5.73. The van der Waals surface area contributed by atoms with E-state index in [1.165, 1.54) is 32.1 Å². The van der Waals surface area contributed by atoms with Crippen LogP contribution in [0.2, 0.25) is 0 Å². The molecular formula is C15H21N3O. The molecule has 2 atom stereocenters. The Morgan fingerprint density at radius 2 is 2.00 bits per heavy atom. The predicted octanol–water partition coefficient (Wildman–Crippen LogP) is 2.14. The summed E-state index contributed by atoms with van der Waals surface area (Å²) >= 11 is 0. The smallest absolute Gasteiger partial charge is 0.248 e. The molecule has 1 amide bonds. The van der Waals surface area contributed by atoms with Crippen LogP contribution in [-0.4, -0.2) is 18.5 Å². The fourth-order valence-electron chi connectivity index (χ4n) is 3.67. The Morgan fingerprint density at radius 3 is 2.74 bits per heavy atom. The monoisotopic (exact) mass is 259 g/mol. The number of fused-ring (bicyclic) bond motifs is 1. The Bertz CT molecular complexity index is 500. The van der Waals surface area contributed by atoms with Crippen molar-refractivity contribution in [3.63, 3.8) is 0 Å². The SMILES string of the molecule is NC(=O)c1ccc(N2CCC3CCCCC32)c(N)c1. The standard InChI is InChI=1S/C15H21N3O/c16-12-9-11(15(17)19)5-6-14(12)18-8-7-10-3-1-2-4-13(10)18/h5-6,9-10,13H,1-4,7-8,16H2,(H2,17,19). The molecule has 1 aliphatic carbocycles. The van der Waals surface area contributed by atoms with Gasteiger partial charge in [0.25, 0.3) is 0 Å². The van der Waals surface area contributed by atoms with Crippen LogP contribution in [0.1, 0.15) is 42.5 Å². The highest BCUT2D eigenvalue weighted by Crippen LogP contribution is 2.40. The van der Waals surface area contributed by atoms with Gasteiger partial charge in [-0.1, -0.05) is 12.8 Å². The van der Waals surface area contributed by atoms with Gasteiger partial charge in [0, 0.05) is 18.2 Å². The molecule has 1 saturated carbocycles. The maximum Gasteiger partial charge on any atom is 0.248 e. The highest BCUT2D eigenvalue weighted by molar-refractivity contribution is 5.95. The highest BCUT2D eigenvalue weighted by Gasteiger charge is 2.36. The van der Waals surface area contributed by atoms with E-state index in [0.29, 0.717) is 17.3 Å². The first kappa shape index (κ1) is 12.3. The van der Waals surface area contributed by atoms with E-state index in [4.69, 9.17) is 11.5 Å². The molecule has 0 spiro atoms. The minimum Gasteiger partial charge on any atom is -0.397 e. The van der Waals surface area contributed by atoms with Crippen molar-refractivity contribution >= 4 is 17.3 Å². The number of rotatable bonds is 2. The summed E-state index contributed by atoms with van der Waals surface area (Å²) < 4.78 is 0. The first-order valence-corrected chi connectivity index (χ1v) is 7.13. The van der Waals surface area contributed by atoms with Gasteiger partial charge in [-0.2, -0.15) is 0 Å². The van der Waals surface area contributed by atoms with Gasteiger partial charge in [0.2, 0.25) is 5.91 Å². The largest absolute Gasteiger partial charge is 0.397 e. The van der Waals surface area contributed by atoms with Crippen molar-refractivity contribution in [2.24, 2.45) is 11.7 Å². The summed E-state index contributed by atoms with van der Waals surface area (Å²) in [4.78, 5) is 13.6. The molecule has 3 rings (SSSR count). The van der Waals surface area contributed by atoms with Crippen LogP contribution >= 0.6 is 0 Å². The van der Waals surface area contributed by atoms with Crippen molar-refractivity contribution in [2.45, 2.75) is 38.1 Å². The van der Waals surface area contributed by atoms with E-state index in [9.17, 15) is 4.79 Å². The Kier molecular flexibility index (Phi) is 3.09. The number of nitrogens with two attached hydrogens (primary N) is 2. The van der Waals surface area contributed by atoms with Crippen LogP contribution < -0.4 is 16.4 Å². The molecule has 0 aromatic heterocycles. The average molecular weight is 259 g/mol. The molecule has 0 radical (unpaired) electrons. The third-order valence-electron chi connectivity index (χ3n) is 4.63. The highest BCUT2D eigenvalue weighted by atomic mass is 16.1. The van der Waals surface area contributed by atoms with Crippen molar-refractivity contribution in [1.82, 2.24) is 0 Å². The molecule has 1 aromatic carbocycles. The van der Waals surface area contributed by atoms with Gasteiger partial charge in [-0.3, -0.25) is 4.79 Å².